The lowest BCUT2D eigenvalue weighted by molar-refractivity contribution is -0.153. The minimum absolute atomic E-state index is 0.159. The van der Waals surface area contributed by atoms with Crippen LogP contribution in [-0.4, -0.2) is 35.4 Å². The Bertz CT molecular complexity index is 408. The molecular weight excluding hydrogens is 244 g/mol. The molecule has 1 heterocycles. The zero-order chi connectivity index (χ0) is 14.8. The molecular formula is C14H22N2O3. The summed E-state index contributed by atoms with van der Waals surface area (Å²) >= 11 is 0. The zero-order valence-corrected chi connectivity index (χ0v) is 12.3. The molecule has 5 heteroatoms. The minimum atomic E-state index is -0.417. The zero-order valence-electron chi connectivity index (χ0n) is 12.3. The Morgan fingerprint density at radius 1 is 1.26 bits per heavy atom. The van der Waals surface area contributed by atoms with E-state index < -0.39 is 6.04 Å². The summed E-state index contributed by atoms with van der Waals surface area (Å²) in [5.74, 6) is -0.367. The van der Waals surface area contributed by atoms with E-state index in [1.54, 1.807) is 0 Å². The lowest BCUT2D eigenvalue weighted by atomic mass is 9.80. The molecule has 1 rings (SSSR count). The fraction of sp³-hybridized carbons (Fsp3) is 0.786. The van der Waals surface area contributed by atoms with Gasteiger partial charge in [-0.1, -0.05) is 34.6 Å². The van der Waals surface area contributed by atoms with Gasteiger partial charge >= 0.3 is 0 Å². The molecule has 0 aromatic carbocycles. The van der Waals surface area contributed by atoms with E-state index in [1.165, 1.54) is 11.0 Å². The van der Waals surface area contributed by atoms with E-state index in [0.29, 0.717) is 12.8 Å². The third kappa shape index (κ3) is 4.00. The van der Waals surface area contributed by atoms with Crippen LogP contribution in [0.4, 0.5) is 0 Å². The van der Waals surface area contributed by atoms with Crippen molar-refractivity contribution in [3.63, 3.8) is 0 Å². The molecule has 2 amide bonds. The molecule has 1 unspecified atom stereocenters. The number of amides is 2. The quantitative estimate of drug-likeness (QED) is 0.445. The van der Waals surface area contributed by atoms with Gasteiger partial charge in [0.25, 0.3) is 0 Å². The molecule has 0 N–H and O–H groups in total. The van der Waals surface area contributed by atoms with E-state index in [0.717, 1.165) is 0 Å². The van der Waals surface area contributed by atoms with Gasteiger partial charge in [0.05, 0.1) is 12.6 Å². The average molecular weight is 266 g/mol. The van der Waals surface area contributed by atoms with E-state index in [9.17, 15) is 14.4 Å². The first-order valence-electron chi connectivity index (χ1n) is 6.47. The smallest absolute Gasteiger partial charge is 0.235 e. The Kier molecular flexibility index (Phi) is 4.31. The van der Waals surface area contributed by atoms with Crippen molar-refractivity contribution in [1.29, 1.82) is 0 Å². The number of isocyanates is 1. The molecule has 1 aliphatic rings. The molecule has 0 saturated carbocycles. The summed E-state index contributed by atoms with van der Waals surface area (Å²) in [6.45, 7) is 9.73. The molecule has 0 radical (unpaired) electrons. The van der Waals surface area contributed by atoms with Gasteiger partial charge in [0, 0.05) is 12.8 Å². The molecule has 1 aliphatic heterocycles. The summed E-state index contributed by atoms with van der Waals surface area (Å²) in [4.78, 5) is 39.6. The van der Waals surface area contributed by atoms with Crippen molar-refractivity contribution in [1.82, 2.24) is 4.90 Å². The second-order valence-electron chi connectivity index (χ2n) is 7.02. The predicted molar refractivity (Wildman–Crippen MR) is 71.1 cm³/mol. The van der Waals surface area contributed by atoms with Crippen molar-refractivity contribution in [2.24, 2.45) is 15.8 Å². The van der Waals surface area contributed by atoms with E-state index >= 15 is 0 Å². The van der Waals surface area contributed by atoms with Crippen LogP contribution in [0.1, 0.15) is 47.5 Å². The molecule has 0 aliphatic carbocycles. The number of imide groups is 1. The van der Waals surface area contributed by atoms with E-state index in [4.69, 9.17) is 0 Å². The maximum atomic E-state index is 12.1. The van der Waals surface area contributed by atoms with Crippen LogP contribution in [-0.2, 0) is 14.4 Å². The van der Waals surface area contributed by atoms with Crippen LogP contribution in [0, 0.1) is 10.8 Å². The largest absolute Gasteiger partial charge is 0.280 e. The number of hydrogen-bond donors (Lipinski definition) is 0. The SMILES string of the molecule is CC1(C)CC(=O)N(CC(N=C=O)C(C)(C)C)C(=O)C1. The fourth-order valence-electron chi connectivity index (χ4n) is 2.16. The first kappa shape index (κ1) is 15.6. The third-order valence-corrected chi connectivity index (χ3v) is 3.43. The molecule has 0 aromatic rings. The van der Waals surface area contributed by atoms with Gasteiger partial charge in [-0.15, -0.1) is 0 Å². The summed E-state index contributed by atoms with van der Waals surface area (Å²) in [5.41, 5.74) is -0.583. The number of aliphatic imine (C=N–C) groups is 1. The average Bonchev–Trinajstić information content (AvgIpc) is 2.18. The van der Waals surface area contributed by atoms with Crippen LogP contribution < -0.4 is 0 Å². The molecule has 0 spiro atoms. The van der Waals surface area contributed by atoms with Crippen molar-refractivity contribution < 1.29 is 14.4 Å². The number of nitrogens with zero attached hydrogens (tertiary/aromatic N) is 2. The van der Waals surface area contributed by atoms with Gasteiger partial charge in [0.1, 0.15) is 0 Å². The second kappa shape index (κ2) is 5.25. The Morgan fingerprint density at radius 2 is 1.74 bits per heavy atom. The molecule has 19 heavy (non-hydrogen) atoms. The number of carbonyl (C=O) groups is 2. The standard InChI is InChI=1S/C14H22N2O3/c1-13(2,3)10(15-9-17)8-16-11(18)6-14(4,5)7-12(16)19/h10H,6-8H2,1-5H3. The Balaban J connectivity index is 2.89. The van der Waals surface area contributed by atoms with Crippen molar-refractivity contribution in [3.05, 3.63) is 0 Å². The summed E-state index contributed by atoms with van der Waals surface area (Å²) in [5, 5.41) is 0. The van der Waals surface area contributed by atoms with E-state index in [2.05, 4.69) is 4.99 Å². The van der Waals surface area contributed by atoms with Gasteiger partial charge in [-0.25, -0.2) is 9.79 Å². The minimum Gasteiger partial charge on any atom is -0.280 e. The highest BCUT2D eigenvalue weighted by Gasteiger charge is 2.39. The molecule has 0 bridgehead atoms. The summed E-state index contributed by atoms with van der Waals surface area (Å²) in [7, 11) is 0. The van der Waals surface area contributed by atoms with Crippen LogP contribution in [0.15, 0.2) is 4.99 Å². The maximum Gasteiger partial charge on any atom is 0.235 e. The normalized spacial score (nSPS) is 21.0. The van der Waals surface area contributed by atoms with Gasteiger partial charge in [0.15, 0.2) is 0 Å². The molecule has 1 fully saturated rings. The van der Waals surface area contributed by atoms with Gasteiger partial charge in [-0.05, 0) is 10.8 Å². The molecule has 1 atom stereocenters. The molecule has 0 aromatic heterocycles. The number of piperidine rings is 1. The maximum absolute atomic E-state index is 12.1. The van der Waals surface area contributed by atoms with Crippen molar-refractivity contribution in [2.75, 3.05) is 6.54 Å². The monoisotopic (exact) mass is 266 g/mol. The highest BCUT2D eigenvalue weighted by atomic mass is 16.2. The second-order valence-corrected chi connectivity index (χ2v) is 7.02. The Morgan fingerprint density at radius 3 is 2.11 bits per heavy atom. The van der Waals surface area contributed by atoms with Crippen LogP contribution >= 0.6 is 0 Å². The first-order valence-corrected chi connectivity index (χ1v) is 6.47. The predicted octanol–water partition coefficient (Wildman–Crippen LogP) is 1.91. The van der Waals surface area contributed by atoms with Gasteiger partial charge in [-0.3, -0.25) is 14.5 Å². The third-order valence-electron chi connectivity index (χ3n) is 3.43. The number of likely N-dealkylation sites (tertiary alicyclic amines) is 1. The summed E-state index contributed by atoms with van der Waals surface area (Å²) in [6.07, 6.45) is 2.23. The number of rotatable bonds is 3. The van der Waals surface area contributed by atoms with Crippen LogP contribution in [0.25, 0.3) is 0 Å². The van der Waals surface area contributed by atoms with Gasteiger partial charge in [-0.2, -0.15) is 0 Å². The topological polar surface area (TPSA) is 66.8 Å². The Hall–Kier alpha value is -1.48. The molecule has 106 valence electrons. The van der Waals surface area contributed by atoms with Crippen molar-refractivity contribution in [3.8, 4) is 0 Å². The first-order chi connectivity index (χ1) is 8.57. The number of hydrogen-bond acceptors (Lipinski definition) is 4. The fourth-order valence-corrected chi connectivity index (χ4v) is 2.16. The molecule has 5 nitrogen and oxygen atoms in total. The molecule has 1 saturated heterocycles. The number of carbonyl (C=O) groups excluding carboxylic acids is 3. The lowest BCUT2D eigenvalue weighted by Crippen LogP contribution is -2.50. The summed E-state index contributed by atoms with van der Waals surface area (Å²) in [6, 6.07) is -0.417. The Labute approximate surface area is 114 Å². The van der Waals surface area contributed by atoms with Crippen LogP contribution in [0.3, 0.4) is 0 Å². The van der Waals surface area contributed by atoms with Crippen LogP contribution in [0.5, 0.6) is 0 Å². The van der Waals surface area contributed by atoms with Crippen molar-refractivity contribution in [2.45, 2.75) is 53.5 Å². The summed E-state index contributed by atoms with van der Waals surface area (Å²) < 4.78 is 0. The highest BCUT2D eigenvalue weighted by Crippen LogP contribution is 2.33. The van der Waals surface area contributed by atoms with Crippen LogP contribution in [0.2, 0.25) is 0 Å². The van der Waals surface area contributed by atoms with E-state index in [-0.39, 0.29) is 29.2 Å². The van der Waals surface area contributed by atoms with Gasteiger partial charge in [0.2, 0.25) is 17.9 Å². The lowest BCUT2D eigenvalue weighted by Gasteiger charge is -2.37. The van der Waals surface area contributed by atoms with E-state index in [1.807, 2.05) is 34.6 Å². The highest BCUT2D eigenvalue weighted by molar-refractivity contribution is 5.98. The van der Waals surface area contributed by atoms with Gasteiger partial charge < -0.3 is 0 Å². The van der Waals surface area contributed by atoms with Crippen molar-refractivity contribution >= 4 is 17.9 Å².